The number of benzene rings is 1. The first-order valence-electron chi connectivity index (χ1n) is 4.96. The maximum atomic E-state index is 11.5. The summed E-state index contributed by atoms with van der Waals surface area (Å²) >= 11 is 0. The van der Waals surface area contributed by atoms with Crippen molar-refractivity contribution in [1.82, 2.24) is 4.98 Å². The lowest BCUT2D eigenvalue weighted by molar-refractivity contribution is 0.101. The first-order valence-corrected chi connectivity index (χ1v) is 4.96. The van der Waals surface area contributed by atoms with Crippen molar-refractivity contribution >= 4 is 16.7 Å². The summed E-state index contributed by atoms with van der Waals surface area (Å²) in [6.45, 7) is 5.61. The Hall–Kier alpha value is -1.70. The number of hydrogen-bond donors (Lipinski definition) is 0. The van der Waals surface area contributed by atoms with Gasteiger partial charge in [-0.2, -0.15) is 0 Å². The van der Waals surface area contributed by atoms with Gasteiger partial charge in [0.15, 0.2) is 5.78 Å². The zero-order valence-corrected chi connectivity index (χ0v) is 9.16. The minimum atomic E-state index is 0.0711. The summed E-state index contributed by atoms with van der Waals surface area (Å²) in [5.74, 6) is 0.0711. The van der Waals surface area contributed by atoms with Crippen molar-refractivity contribution in [2.45, 2.75) is 20.8 Å². The van der Waals surface area contributed by atoms with Crippen molar-refractivity contribution in [2.75, 3.05) is 0 Å². The smallest absolute Gasteiger partial charge is 0.162 e. The third-order valence-corrected chi connectivity index (χ3v) is 2.59. The van der Waals surface area contributed by atoms with E-state index >= 15 is 0 Å². The number of aryl methyl sites for hydroxylation is 2. The highest BCUT2D eigenvalue weighted by Gasteiger charge is 2.08. The molecule has 0 N–H and O–H groups in total. The molecule has 2 heteroatoms. The van der Waals surface area contributed by atoms with Gasteiger partial charge in [0.1, 0.15) is 0 Å². The molecule has 0 amide bonds. The van der Waals surface area contributed by atoms with Crippen molar-refractivity contribution in [3.05, 3.63) is 41.1 Å². The van der Waals surface area contributed by atoms with Crippen molar-refractivity contribution in [2.24, 2.45) is 0 Å². The van der Waals surface area contributed by atoms with Gasteiger partial charge in [-0.3, -0.25) is 9.78 Å². The van der Waals surface area contributed by atoms with Gasteiger partial charge in [-0.05, 0) is 50.1 Å². The lowest BCUT2D eigenvalue weighted by atomic mass is 10.0. The molecular weight excluding hydrogens is 186 g/mol. The Labute approximate surface area is 89.0 Å². The Bertz CT molecular complexity index is 543. The van der Waals surface area contributed by atoms with Crippen LogP contribution in [0.1, 0.15) is 28.4 Å². The maximum absolute atomic E-state index is 11.5. The molecule has 2 nitrogen and oxygen atoms in total. The van der Waals surface area contributed by atoms with Crippen LogP contribution in [0.4, 0.5) is 0 Å². The third kappa shape index (κ3) is 1.63. The molecular formula is C13H13NO. The summed E-state index contributed by atoms with van der Waals surface area (Å²) in [4.78, 5) is 15.8. The predicted octanol–water partition coefficient (Wildman–Crippen LogP) is 3.05. The van der Waals surface area contributed by atoms with Crippen LogP contribution in [-0.4, -0.2) is 10.8 Å². The zero-order valence-electron chi connectivity index (χ0n) is 9.16. The Morgan fingerprint density at radius 3 is 2.67 bits per heavy atom. The molecule has 0 spiro atoms. The van der Waals surface area contributed by atoms with Gasteiger partial charge >= 0.3 is 0 Å². The predicted molar refractivity (Wildman–Crippen MR) is 61.2 cm³/mol. The van der Waals surface area contributed by atoms with Crippen LogP contribution in [0.5, 0.6) is 0 Å². The molecule has 0 aliphatic rings. The molecule has 0 unspecified atom stereocenters. The van der Waals surface area contributed by atoms with E-state index in [1.807, 2.05) is 26.0 Å². The van der Waals surface area contributed by atoms with E-state index in [-0.39, 0.29) is 5.78 Å². The molecule has 0 aliphatic heterocycles. The Morgan fingerprint density at radius 2 is 2.00 bits per heavy atom. The second-order valence-electron chi connectivity index (χ2n) is 3.89. The first kappa shape index (κ1) is 9.84. The summed E-state index contributed by atoms with van der Waals surface area (Å²) < 4.78 is 0. The lowest BCUT2D eigenvalue weighted by Crippen LogP contribution is -1.97. The lowest BCUT2D eigenvalue weighted by Gasteiger charge is -2.06. The maximum Gasteiger partial charge on any atom is 0.162 e. The fourth-order valence-electron chi connectivity index (χ4n) is 1.80. The monoisotopic (exact) mass is 199 g/mol. The molecule has 2 aromatic rings. The van der Waals surface area contributed by atoms with Crippen LogP contribution in [0.3, 0.4) is 0 Å². The Morgan fingerprint density at radius 1 is 1.27 bits per heavy atom. The summed E-state index contributed by atoms with van der Waals surface area (Å²) in [5.41, 5.74) is 3.79. The van der Waals surface area contributed by atoms with E-state index in [0.717, 1.165) is 22.0 Å². The molecule has 15 heavy (non-hydrogen) atoms. The SMILES string of the molecule is CC(=O)c1cc(C)cc2c(C)ccnc12. The van der Waals surface area contributed by atoms with Crippen LogP contribution >= 0.6 is 0 Å². The van der Waals surface area contributed by atoms with E-state index in [2.05, 4.69) is 11.1 Å². The van der Waals surface area contributed by atoms with Crippen LogP contribution in [0, 0.1) is 13.8 Å². The molecule has 2 rings (SSSR count). The van der Waals surface area contributed by atoms with Gasteiger partial charge in [-0.25, -0.2) is 0 Å². The van der Waals surface area contributed by atoms with Crippen molar-refractivity contribution in [3.8, 4) is 0 Å². The van der Waals surface area contributed by atoms with E-state index < -0.39 is 0 Å². The second kappa shape index (κ2) is 3.46. The quantitative estimate of drug-likeness (QED) is 0.661. The van der Waals surface area contributed by atoms with Gasteiger partial charge in [0.2, 0.25) is 0 Å². The molecule has 0 saturated carbocycles. The van der Waals surface area contributed by atoms with Gasteiger partial charge in [0, 0.05) is 17.1 Å². The molecule has 76 valence electrons. The number of carbonyl (C=O) groups excluding carboxylic acids is 1. The highest BCUT2D eigenvalue weighted by Crippen LogP contribution is 2.22. The minimum absolute atomic E-state index is 0.0711. The van der Waals surface area contributed by atoms with Gasteiger partial charge in [-0.15, -0.1) is 0 Å². The van der Waals surface area contributed by atoms with E-state index in [1.165, 1.54) is 0 Å². The van der Waals surface area contributed by atoms with E-state index in [1.54, 1.807) is 13.1 Å². The summed E-state index contributed by atoms with van der Waals surface area (Å²) in [5, 5.41) is 1.07. The van der Waals surface area contributed by atoms with Crippen molar-refractivity contribution < 1.29 is 4.79 Å². The van der Waals surface area contributed by atoms with Gasteiger partial charge in [-0.1, -0.05) is 0 Å². The van der Waals surface area contributed by atoms with Crippen LogP contribution < -0.4 is 0 Å². The molecule has 1 heterocycles. The fourth-order valence-corrected chi connectivity index (χ4v) is 1.80. The summed E-state index contributed by atoms with van der Waals surface area (Å²) in [6.07, 6.45) is 1.75. The Balaban J connectivity index is 2.92. The normalized spacial score (nSPS) is 10.6. The number of nitrogens with zero attached hydrogens (tertiary/aromatic N) is 1. The van der Waals surface area contributed by atoms with Gasteiger partial charge < -0.3 is 0 Å². The summed E-state index contributed by atoms with van der Waals surface area (Å²) in [7, 11) is 0. The van der Waals surface area contributed by atoms with Gasteiger partial charge in [0.05, 0.1) is 5.52 Å². The van der Waals surface area contributed by atoms with Crippen LogP contribution in [-0.2, 0) is 0 Å². The van der Waals surface area contributed by atoms with Crippen molar-refractivity contribution in [3.63, 3.8) is 0 Å². The molecule has 0 fully saturated rings. The number of aromatic nitrogens is 1. The standard InChI is InChI=1S/C13H13NO/c1-8-6-11-9(2)4-5-14-13(11)12(7-8)10(3)15/h4-7H,1-3H3. The van der Waals surface area contributed by atoms with Crippen LogP contribution in [0.15, 0.2) is 24.4 Å². The molecule has 0 aliphatic carbocycles. The molecule has 1 aromatic carbocycles. The molecule has 0 saturated heterocycles. The zero-order chi connectivity index (χ0) is 11.0. The largest absolute Gasteiger partial charge is 0.294 e. The highest BCUT2D eigenvalue weighted by molar-refractivity contribution is 6.06. The molecule has 0 radical (unpaired) electrons. The van der Waals surface area contributed by atoms with E-state index in [9.17, 15) is 4.79 Å². The number of pyridine rings is 1. The summed E-state index contributed by atoms with van der Waals surface area (Å²) in [6, 6.07) is 5.94. The number of carbonyl (C=O) groups is 1. The molecule has 1 aromatic heterocycles. The number of hydrogen-bond acceptors (Lipinski definition) is 2. The van der Waals surface area contributed by atoms with Crippen LogP contribution in [0.25, 0.3) is 10.9 Å². The average molecular weight is 199 g/mol. The minimum Gasteiger partial charge on any atom is -0.294 e. The van der Waals surface area contributed by atoms with Gasteiger partial charge in [0.25, 0.3) is 0 Å². The third-order valence-electron chi connectivity index (χ3n) is 2.59. The second-order valence-corrected chi connectivity index (χ2v) is 3.89. The van der Waals surface area contributed by atoms with E-state index in [0.29, 0.717) is 5.56 Å². The average Bonchev–Trinajstić information content (AvgIpc) is 2.18. The fraction of sp³-hybridized carbons (Fsp3) is 0.231. The number of ketones is 1. The molecule has 0 bridgehead atoms. The molecule has 0 atom stereocenters. The van der Waals surface area contributed by atoms with E-state index in [4.69, 9.17) is 0 Å². The Kier molecular flexibility index (Phi) is 2.27. The van der Waals surface area contributed by atoms with Crippen LogP contribution in [0.2, 0.25) is 0 Å². The first-order chi connectivity index (χ1) is 7.09. The number of fused-ring (bicyclic) bond motifs is 1. The van der Waals surface area contributed by atoms with Crippen molar-refractivity contribution in [1.29, 1.82) is 0 Å². The highest BCUT2D eigenvalue weighted by atomic mass is 16.1. The number of rotatable bonds is 1. The topological polar surface area (TPSA) is 30.0 Å². The number of Topliss-reactive ketones (excluding diaryl/α,β-unsaturated/α-hetero) is 1.